The highest BCUT2D eigenvalue weighted by molar-refractivity contribution is 5.92. The standard InChI is InChI=1S/C29H42FN5O3/c1-22(36)32(2)29(10-3-4-11-29)27(38)35-15-12-28(13-16-35)21-24(31-26(28)37)9-14-33-17-19-34(20-18-33)25-7-5-23(30)6-8-25/h5-8,24H,3-4,9-21H2,1-2H3,(H,31,37)/t24-/m0/s1. The predicted molar refractivity (Wildman–Crippen MR) is 144 cm³/mol. The maximum Gasteiger partial charge on any atom is 0.248 e. The van der Waals surface area contributed by atoms with Gasteiger partial charge < -0.3 is 20.0 Å². The highest BCUT2D eigenvalue weighted by atomic mass is 19.1. The molecule has 3 saturated heterocycles. The van der Waals surface area contributed by atoms with Crippen molar-refractivity contribution in [2.24, 2.45) is 5.41 Å². The summed E-state index contributed by atoms with van der Waals surface area (Å²) >= 11 is 0. The SMILES string of the molecule is CC(=O)N(C)C1(C(=O)N2CCC3(CC2)C[C@H](CCN2CCN(c4ccc(F)cc4)CC2)NC3=O)CCCC1. The Morgan fingerprint density at radius 1 is 1.00 bits per heavy atom. The molecule has 38 heavy (non-hydrogen) atoms. The van der Waals surface area contributed by atoms with Crippen molar-refractivity contribution >= 4 is 23.4 Å². The molecule has 3 aliphatic heterocycles. The van der Waals surface area contributed by atoms with Crippen molar-refractivity contribution in [3.05, 3.63) is 30.1 Å². The number of hydrogen-bond donors (Lipinski definition) is 1. The number of piperazine rings is 1. The lowest BCUT2D eigenvalue weighted by molar-refractivity contribution is -0.154. The second-order valence-corrected chi connectivity index (χ2v) is 11.9. The molecule has 1 spiro atoms. The van der Waals surface area contributed by atoms with E-state index in [1.165, 1.54) is 19.1 Å². The monoisotopic (exact) mass is 527 g/mol. The Labute approximate surface area is 225 Å². The minimum Gasteiger partial charge on any atom is -0.369 e. The van der Waals surface area contributed by atoms with Gasteiger partial charge in [0.05, 0.1) is 5.41 Å². The van der Waals surface area contributed by atoms with Crippen molar-refractivity contribution in [2.75, 3.05) is 57.8 Å². The van der Waals surface area contributed by atoms with Crippen LogP contribution in [-0.4, -0.2) is 96.9 Å². The third-order valence-electron chi connectivity index (χ3n) is 9.76. The summed E-state index contributed by atoms with van der Waals surface area (Å²) in [6, 6.07) is 6.87. The van der Waals surface area contributed by atoms with Crippen LogP contribution >= 0.6 is 0 Å². The molecule has 3 heterocycles. The molecule has 1 N–H and O–H groups in total. The molecule has 208 valence electrons. The number of likely N-dealkylation sites (N-methyl/N-ethyl adjacent to an activating group) is 1. The fraction of sp³-hybridized carbons (Fsp3) is 0.690. The van der Waals surface area contributed by atoms with Crippen LogP contribution in [0.1, 0.15) is 58.3 Å². The van der Waals surface area contributed by atoms with Gasteiger partial charge in [0.2, 0.25) is 17.7 Å². The number of carbonyl (C=O) groups is 3. The molecule has 1 saturated carbocycles. The van der Waals surface area contributed by atoms with Crippen LogP contribution in [0.3, 0.4) is 0 Å². The van der Waals surface area contributed by atoms with Crippen LogP contribution < -0.4 is 10.2 Å². The number of nitrogens with zero attached hydrogens (tertiary/aromatic N) is 4. The number of halogens is 1. The van der Waals surface area contributed by atoms with Crippen LogP contribution in [0.25, 0.3) is 0 Å². The van der Waals surface area contributed by atoms with Crippen LogP contribution in [0.15, 0.2) is 24.3 Å². The third kappa shape index (κ3) is 5.14. The lowest BCUT2D eigenvalue weighted by atomic mass is 9.75. The number of likely N-dealkylation sites (tertiary alicyclic amines) is 1. The first-order valence-electron chi connectivity index (χ1n) is 14.3. The summed E-state index contributed by atoms with van der Waals surface area (Å²) in [5.74, 6) is -0.0626. The normalized spacial score (nSPS) is 25.0. The molecule has 1 aliphatic carbocycles. The highest BCUT2D eigenvalue weighted by Gasteiger charge is 2.52. The smallest absolute Gasteiger partial charge is 0.248 e. The van der Waals surface area contributed by atoms with Gasteiger partial charge >= 0.3 is 0 Å². The van der Waals surface area contributed by atoms with Crippen LogP contribution in [0.5, 0.6) is 0 Å². The largest absolute Gasteiger partial charge is 0.369 e. The highest BCUT2D eigenvalue weighted by Crippen LogP contribution is 2.43. The Hall–Kier alpha value is -2.68. The Balaban J connectivity index is 1.10. The van der Waals surface area contributed by atoms with E-state index in [9.17, 15) is 18.8 Å². The molecular formula is C29H42FN5O3. The van der Waals surface area contributed by atoms with E-state index in [-0.39, 0.29) is 35.0 Å². The van der Waals surface area contributed by atoms with Gasteiger partial charge in [0.1, 0.15) is 11.4 Å². The summed E-state index contributed by atoms with van der Waals surface area (Å²) in [5.41, 5.74) is -0.0251. The number of amides is 3. The number of hydrogen-bond acceptors (Lipinski definition) is 5. The van der Waals surface area contributed by atoms with Gasteiger partial charge in [-0.25, -0.2) is 4.39 Å². The van der Waals surface area contributed by atoms with Crippen molar-refractivity contribution in [3.63, 3.8) is 0 Å². The average Bonchev–Trinajstić information content (AvgIpc) is 3.54. The van der Waals surface area contributed by atoms with Gasteiger partial charge in [-0.15, -0.1) is 0 Å². The molecule has 1 atom stereocenters. The summed E-state index contributed by atoms with van der Waals surface area (Å²) in [6.45, 7) is 7.38. The molecule has 3 amide bonds. The van der Waals surface area contributed by atoms with E-state index in [0.29, 0.717) is 25.9 Å². The van der Waals surface area contributed by atoms with Gasteiger partial charge in [0, 0.05) is 71.5 Å². The van der Waals surface area contributed by atoms with E-state index in [4.69, 9.17) is 0 Å². The van der Waals surface area contributed by atoms with E-state index in [1.807, 2.05) is 17.0 Å². The van der Waals surface area contributed by atoms with E-state index in [1.54, 1.807) is 11.9 Å². The second kappa shape index (κ2) is 10.8. The van der Waals surface area contributed by atoms with Crippen molar-refractivity contribution in [1.29, 1.82) is 0 Å². The topological polar surface area (TPSA) is 76.2 Å². The van der Waals surface area contributed by atoms with Crippen molar-refractivity contribution in [3.8, 4) is 0 Å². The first-order chi connectivity index (χ1) is 18.2. The van der Waals surface area contributed by atoms with E-state index >= 15 is 0 Å². The van der Waals surface area contributed by atoms with Gasteiger partial charge in [-0.1, -0.05) is 12.8 Å². The van der Waals surface area contributed by atoms with Crippen LogP contribution in [0.4, 0.5) is 10.1 Å². The van der Waals surface area contributed by atoms with Gasteiger partial charge in [-0.05, 0) is 62.8 Å². The predicted octanol–water partition coefficient (Wildman–Crippen LogP) is 2.63. The molecule has 8 nitrogen and oxygen atoms in total. The molecule has 0 bridgehead atoms. The maximum atomic E-state index is 13.6. The van der Waals surface area contributed by atoms with Crippen molar-refractivity contribution in [2.45, 2.75) is 69.9 Å². The fourth-order valence-electron chi connectivity index (χ4n) is 7.17. The van der Waals surface area contributed by atoms with Crippen LogP contribution in [-0.2, 0) is 14.4 Å². The lowest BCUT2D eigenvalue weighted by Crippen LogP contribution is -2.60. The van der Waals surface area contributed by atoms with Gasteiger partial charge in [-0.2, -0.15) is 0 Å². The Morgan fingerprint density at radius 3 is 2.24 bits per heavy atom. The summed E-state index contributed by atoms with van der Waals surface area (Å²) in [5, 5.41) is 3.27. The summed E-state index contributed by atoms with van der Waals surface area (Å²) in [4.78, 5) is 47.2. The number of anilines is 1. The number of benzene rings is 1. The van der Waals surface area contributed by atoms with E-state index in [0.717, 1.165) is 76.9 Å². The number of nitrogens with one attached hydrogen (secondary N) is 1. The van der Waals surface area contributed by atoms with E-state index in [2.05, 4.69) is 15.1 Å². The molecule has 0 radical (unpaired) electrons. The molecule has 0 unspecified atom stereocenters. The van der Waals surface area contributed by atoms with Crippen LogP contribution in [0, 0.1) is 11.2 Å². The first kappa shape index (κ1) is 26.9. The van der Waals surface area contributed by atoms with Crippen molar-refractivity contribution in [1.82, 2.24) is 20.0 Å². The Morgan fingerprint density at radius 2 is 1.63 bits per heavy atom. The van der Waals surface area contributed by atoms with Crippen LogP contribution in [0.2, 0.25) is 0 Å². The van der Waals surface area contributed by atoms with Gasteiger partial charge in [-0.3, -0.25) is 19.3 Å². The zero-order valence-corrected chi connectivity index (χ0v) is 22.9. The molecule has 4 aliphatic rings. The molecular weight excluding hydrogens is 485 g/mol. The quantitative estimate of drug-likeness (QED) is 0.616. The molecule has 4 fully saturated rings. The zero-order chi connectivity index (χ0) is 26.9. The zero-order valence-electron chi connectivity index (χ0n) is 22.9. The fourth-order valence-corrected chi connectivity index (χ4v) is 7.17. The van der Waals surface area contributed by atoms with E-state index < -0.39 is 5.54 Å². The lowest BCUT2D eigenvalue weighted by Gasteiger charge is -2.44. The molecule has 1 aromatic carbocycles. The Bertz CT molecular complexity index is 1030. The number of rotatable bonds is 6. The van der Waals surface area contributed by atoms with Crippen molar-refractivity contribution < 1.29 is 18.8 Å². The minimum absolute atomic E-state index is 0.0661. The summed E-state index contributed by atoms with van der Waals surface area (Å²) < 4.78 is 13.2. The number of carbonyl (C=O) groups excluding carboxylic acids is 3. The summed E-state index contributed by atoms with van der Waals surface area (Å²) in [6.07, 6.45) is 6.53. The molecule has 1 aromatic rings. The Kier molecular flexibility index (Phi) is 7.67. The van der Waals surface area contributed by atoms with Gasteiger partial charge in [0.25, 0.3) is 0 Å². The van der Waals surface area contributed by atoms with Gasteiger partial charge in [0.15, 0.2) is 0 Å². The average molecular weight is 528 g/mol. The first-order valence-corrected chi connectivity index (χ1v) is 14.3. The molecule has 0 aromatic heterocycles. The second-order valence-electron chi connectivity index (χ2n) is 11.9. The third-order valence-corrected chi connectivity index (χ3v) is 9.76. The molecule has 9 heteroatoms. The molecule has 5 rings (SSSR count). The number of piperidine rings is 1. The minimum atomic E-state index is -0.711. The summed E-state index contributed by atoms with van der Waals surface area (Å²) in [7, 11) is 1.76. The maximum absolute atomic E-state index is 13.6.